The molecule has 1 N–H and O–H groups in total. The molecule has 0 saturated carbocycles. The monoisotopic (exact) mass is 473 g/mol. The second kappa shape index (κ2) is 10.7. The summed E-state index contributed by atoms with van der Waals surface area (Å²) in [6.07, 6.45) is 1.54. The highest BCUT2D eigenvalue weighted by Crippen LogP contribution is 2.39. The Kier molecular flexibility index (Phi) is 7.81. The quantitative estimate of drug-likeness (QED) is 0.470. The van der Waals surface area contributed by atoms with E-state index in [2.05, 4.69) is 21.6 Å². The van der Waals surface area contributed by atoms with Crippen molar-refractivity contribution in [2.24, 2.45) is 0 Å². The maximum atomic E-state index is 12.6. The minimum atomic E-state index is -0.914. The number of hydrogen-bond acceptors (Lipinski definition) is 8. The molecule has 0 aliphatic carbocycles. The van der Waals surface area contributed by atoms with Gasteiger partial charge in [0.2, 0.25) is 11.7 Å². The Balaban J connectivity index is 1.71. The van der Waals surface area contributed by atoms with Crippen molar-refractivity contribution in [1.82, 2.24) is 20.1 Å². The zero-order valence-electron chi connectivity index (χ0n) is 17.5. The molecule has 0 aliphatic heterocycles. The van der Waals surface area contributed by atoms with E-state index in [1.54, 1.807) is 35.2 Å². The standard InChI is InChI=1S/C21H20ClN5O4S/c1-29-17-7-13(8-18(30-2)20(17)31-3)16(10-23)25-19(28)11-32-21-26-24-12-27(21)15-6-4-5-14(22)9-15/h4-9,12,16H,11H2,1-3H3,(H,25,28). The predicted octanol–water partition coefficient (Wildman–Crippen LogP) is 3.42. The summed E-state index contributed by atoms with van der Waals surface area (Å²) in [5.74, 6) is 0.858. The van der Waals surface area contributed by atoms with Crippen molar-refractivity contribution in [2.75, 3.05) is 27.1 Å². The number of amides is 1. The Labute approximate surface area is 194 Å². The lowest BCUT2D eigenvalue weighted by molar-refractivity contribution is -0.118. The van der Waals surface area contributed by atoms with Gasteiger partial charge in [-0.15, -0.1) is 10.2 Å². The van der Waals surface area contributed by atoms with Crippen LogP contribution in [-0.4, -0.2) is 47.8 Å². The van der Waals surface area contributed by atoms with Gasteiger partial charge in [-0.05, 0) is 35.9 Å². The van der Waals surface area contributed by atoms with Crippen LogP contribution in [0.4, 0.5) is 0 Å². The number of nitrogens with one attached hydrogen (secondary N) is 1. The van der Waals surface area contributed by atoms with Gasteiger partial charge in [0, 0.05) is 5.02 Å². The van der Waals surface area contributed by atoms with Gasteiger partial charge in [0.15, 0.2) is 16.7 Å². The number of benzene rings is 2. The van der Waals surface area contributed by atoms with Crippen LogP contribution in [-0.2, 0) is 4.79 Å². The summed E-state index contributed by atoms with van der Waals surface area (Å²) in [4.78, 5) is 12.6. The van der Waals surface area contributed by atoms with E-state index in [1.807, 2.05) is 12.1 Å². The molecule has 1 amide bonds. The van der Waals surface area contributed by atoms with E-state index in [0.717, 1.165) is 5.69 Å². The van der Waals surface area contributed by atoms with Crippen LogP contribution in [0.1, 0.15) is 11.6 Å². The van der Waals surface area contributed by atoms with Crippen molar-refractivity contribution in [3.05, 3.63) is 53.3 Å². The molecule has 3 rings (SSSR count). The lowest BCUT2D eigenvalue weighted by atomic mass is 10.1. The Morgan fingerprint density at radius 3 is 2.53 bits per heavy atom. The lowest BCUT2D eigenvalue weighted by Gasteiger charge is -2.17. The van der Waals surface area contributed by atoms with Crippen molar-refractivity contribution in [1.29, 1.82) is 5.26 Å². The lowest BCUT2D eigenvalue weighted by Crippen LogP contribution is -2.29. The minimum Gasteiger partial charge on any atom is -0.493 e. The van der Waals surface area contributed by atoms with Crippen LogP contribution in [0.15, 0.2) is 47.9 Å². The highest BCUT2D eigenvalue weighted by molar-refractivity contribution is 7.99. The maximum absolute atomic E-state index is 12.6. The summed E-state index contributed by atoms with van der Waals surface area (Å²) in [7, 11) is 4.45. The summed E-state index contributed by atoms with van der Waals surface area (Å²) in [6, 6.07) is 11.6. The minimum absolute atomic E-state index is 0.0296. The highest BCUT2D eigenvalue weighted by atomic mass is 35.5. The van der Waals surface area contributed by atoms with Crippen LogP contribution in [0.2, 0.25) is 5.02 Å². The van der Waals surface area contributed by atoms with E-state index in [4.69, 9.17) is 25.8 Å². The number of rotatable bonds is 9. The van der Waals surface area contributed by atoms with Crippen LogP contribution in [0, 0.1) is 11.3 Å². The molecule has 0 saturated heterocycles. The number of nitriles is 1. The van der Waals surface area contributed by atoms with Gasteiger partial charge in [0.25, 0.3) is 0 Å². The molecule has 0 fully saturated rings. The van der Waals surface area contributed by atoms with E-state index < -0.39 is 6.04 Å². The molecule has 2 aromatic carbocycles. The van der Waals surface area contributed by atoms with Crippen molar-refractivity contribution in [3.63, 3.8) is 0 Å². The summed E-state index contributed by atoms with van der Waals surface area (Å²) < 4.78 is 17.7. The molecule has 1 aromatic heterocycles. The molecule has 0 aliphatic rings. The number of nitrogens with zero attached hydrogens (tertiary/aromatic N) is 4. The molecule has 11 heteroatoms. The number of ether oxygens (including phenoxy) is 3. The largest absolute Gasteiger partial charge is 0.493 e. The first-order valence-electron chi connectivity index (χ1n) is 9.28. The van der Waals surface area contributed by atoms with E-state index in [-0.39, 0.29) is 11.7 Å². The maximum Gasteiger partial charge on any atom is 0.231 e. The van der Waals surface area contributed by atoms with Crippen LogP contribution in [0.3, 0.4) is 0 Å². The fourth-order valence-electron chi connectivity index (χ4n) is 2.92. The Morgan fingerprint density at radius 1 is 1.22 bits per heavy atom. The summed E-state index contributed by atoms with van der Waals surface area (Å²) >= 11 is 7.24. The van der Waals surface area contributed by atoms with Gasteiger partial charge in [0.05, 0.1) is 38.8 Å². The average Bonchev–Trinajstić information content (AvgIpc) is 3.28. The fourth-order valence-corrected chi connectivity index (χ4v) is 3.84. The Bertz CT molecular complexity index is 1120. The Hall–Kier alpha value is -3.42. The summed E-state index contributed by atoms with van der Waals surface area (Å²) in [5.41, 5.74) is 1.28. The van der Waals surface area contributed by atoms with Gasteiger partial charge in [0.1, 0.15) is 12.4 Å². The SMILES string of the molecule is COc1cc(C(C#N)NC(=O)CSc2nncn2-c2cccc(Cl)c2)cc(OC)c1OC. The van der Waals surface area contributed by atoms with Crippen LogP contribution < -0.4 is 19.5 Å². The molecular formula is C21H20ClN5O4S. The van der Waals surface area contributed by atoms with Crippen LogP contribution >= 0.6 is 23.4 Å². The predicted molar refractivity (Wildman–Crippen MR) is 120 cm³/mol. The molecule has 32 heavy (non-hydrogen) atoms. The first-order valence-corrected chi connectivity index (χ1v) is 10.6. The molecule has 9 nitrogen and oxygen atoms in total. The molecule has 1 unspecified atom stereocenters. The topological polar surface area (TPSA) is 111 Å². The smallest absolute Gasteiger partial charge is 0.231 e. The molecular weight excluding hydrogens is 454 g/mol. The third kappa shape index (κ3) is 5.25. The third-order valence-electron chi connectivity index (χ3n) is 4.39. The van der Waals surface area contributed by atoms with Crippen LogP contribution in [0.25, 0.3) is 5.69 Å². The van der Waals surface area contributed by atoms with Crippen molar-refractivity contribution in [2.45, 2.75) is 11.2 Å². The number of aromatic nitrogens is 3. The van der Waals surface area contributed by atoms with Gasteiger partial charge in [-0.2, -0.15) is 5.26 Å². The molecule has 166 valence electrons. The van der Waals surface area contributed by atoms with Crippen molar-refractivity contribution >= 4 is 29.3 Å². The number of halogens is 1. The third-order valence-corrected chi connectivity index (χ3v) is 5.57. The van der Waals surface area contributed by atoms with Crippen molar-refractivity contribution in [3.8, 4) is 29.0 Å². The molecule has 0 radical (unpaired) electrons. The van der Waals surface area contributed by atoms with Gasteiger partial charge >= 0.3 is 0 Å². The number of thioether (sulfide) groups is 1. The van der Waals surface area contributed by atoms with Gasteiger partial charge < -0.3 is 19.5 Å². The van der Waals surface area contributed by atoms with E-state index in [1.165, 1.54) is 33.1 Å². The van der Waals surface area contributed by atoms with Gasteiger partial charge in [-0.25, -0.2) is 0 Å². The summed E-state index contributed by atoms with van der Waals surface area (Å²) in [6.45, 7) is 0. The number of methoxy groups -OCH3 is 3. The molecule has 0 spiro atoms. The Morgan fingerprint density at radius 2 is 1.94 bits per heavy atom. The van der Waals surface area contributed by atoms with Gasteiger partial charge in [-0.1, -0.05) is 29.4 Å². The highest BCUT2D eigenvalue weighted by Gasteiger charge is 2.21. The summed E-state index contributed by atoms with van der Waals surface area (Å²) in [5, 5.41) is 21.4. The zero-order chi connectivity index (χ0) is 23.1. The molecule has 3 aromatic rings. The van der Waals surface area contributed by atoms with E-state index >= 15 is 0 Å². The number of carbonyl (C=O) groups excluding carboxylic acids is 1. The van der Waals surface area contributed by atoms with Crippen molar-refractivity contribution < 1.29 is 19.0 Å². The van der Waals surface area contributed by atoms with Gasteiger partial charge in [-0.3, -0.25) is 9.36 Å². The second-order valence-corrected chi connectivity index (χ2v) is 7.72. The second-order valence-electron chi connectivity index (χ2n) is 6.34. The molecule has 1 atom stereocenters. The van der Waals surface area contributed by atoms with E-state index in [9.17, 15) is 10.1 Å². The average molecular weight is 474 g/mol. The normalized spacial score (nSPS) is 11.3. The zero-order valence-corrected chi connectivity index (χ0v) is 19.1. The fraction of sp³-hybridized carbons (Fsp3) is 0.238. The molecule has 0 bridgehead atoms. The van der Waals surface area contributed by atoms with E-state index in [0.29, 0.717) is 33.0 Å². The van der Waals surface area contributed by atoms with Crippen LogP contribution in [0.5, 0.6) is 17.2 Å². The first kappa shape index (κ1) is 23.2. The number of carbonyl (C=O) groups is 1. The number of hydrogen-bond donors (Lipinski definition) is 1. The molecule has 1 heterocycles. The first-order chi connectivity index (χ1) is 15.5.